The third kappa shape index (κ3) is 2.79. The normalized spacial score (nSPS) is 16.7. The first-order chi connectivity index (χ1) is 11.1. The minimum Gasteiger partial charge on any atom is -0.322 e. The number of benzene rings is 1. The summed E-state index contributed by atoms with van der Waals surface area (Å²) in [5, 5.41) is 2.83. The van der Waals surface area contributed by atoms with E-state index in [4.69, 9.17) is 0 Å². The molecule has 1 N–H and O–H groups in total. The van der Waals surface area contributed by atoms with E-state index in [1.54, 1.807) is 18.2 Å². The van der Waals surface area contributed by atoms with E-state index < -0.39 is 12.0 Å². The van der Waals surface area contributed by atoms with E-state index in [9.17, 15) is 14.0 Å². The number of carbonyl (C=O) groups excluding carboxylic acids is 2. The maximum atomic E-state index is 13.0. The summed E-state index contributed by atoms with van der Waals surface area (Å²) in [6.07, 6.45) is 2.49. The molecule has 1 unspecified atom stereocenters. The van der Waals surface area contributed by atoms with Crippen LogP contribution in [-0.2, 0) is 4.79 Å². The lowest BCUT2D eigenvalue weighted by molar-refractivity contribution is -0.117. The van der Waals surface area contributed by atoms with Crippen LogP contribution in [0.15, 0.2) is 42.6 Å². The summed E-state index contributed by atoms with van der Waals surface area (Å²) >= 11 is 0. The molecule has 5 nitrogen and oxygen atoms in total. The SMILES string of the molecule is CCCC1C(=O)Nc2ccccc2N1C(=O)c1ccc(F)nc1. The zero-order valence-electron chi connectivity index (χ0n) is 12.6. The van der Waals surface area contributed by atoms with Gasteiger partial charge >= 0.3 is 0 Å². The van der Waals surface area contributed by atoms with Crippen molar-refractivity contribution < 1.29 is 14.0 Å². The van der Waals surface area contributed by atoms with Crippen molar-refractivity contribution in [3.05, 3.63) is 54.1 Å². The van der Waals surface area contributed by atoms with Crippen LogP contribution in [-0.4, -0.2) is 22.8 Å². The number of rotatable bonds is 3. The molecule has 2 amide bonds. The third-order valence-electron chi connectivity index (χ3n) is 3.79. The highest BCUT2D eigenvalue weighted by Gasteiger charge is 2.36. The summed E-state index contributed by atoms with van der Waals surface area (Å²) in [6.45, 7) is 1.95. The molecule has 1 aliphatic heterocycles. The Morgan fingerprint density at radius 1 is 1.30 bits per heavy atom. The smallest absolute Gasteiger partial charge is 0.260 e. The van der Waals surface area contributed by atoms with Gasteiger partial charge in [-0.3, -0.25) is 14.5 Å². The number of aromatic nitrogens is 1. The Labute approximate surface area is 133 Å². The Hall–Kier alpha value is -2.76. The molecule has 0 aliphatic carbocycles. The number of nitrogens with zero attached hydrogens (tertiary/aromatic N) is 2. The number of para-hydroxylation sites is 2. The van der Waals surface area contributed by atoms with E-state index in [-0.39, 0.29) is 17.4 Å². The highest BCUT2D eigenvalue weighted by Crippen LogP contribution is 2.34. The largest absolute Gasteiger partial charge is 0.322 e. The third-order valence-corrected chi connectivity index (χ3v) is 3.79. The predicted molar refractivity (Wildman–Crippen MR) is 84.8 cm³/mol. The molecule has 2 aromatic rings. The number of anilines is 2. The van der Waals surface area contributed by atoms with Gasteiger partial charge in [0.2, 0.25) is 11.9 Å². The number of nitrogens with one attached hydrogen (secondary N) is 1. The molecular formula is C17H16FN3O2. The Morgan fingerprint density at radius 3 is 2.78 bits per heavy atom. The van der Waals surface area contributed by atoms with Crippen molar-refractivity contribution in [3.8, 4) is 0 Å². The van der Waals surface area contributed by atoms with Gasteiger partial charge in [-0.05, 0) is 30.7 Å². The molecule has 6 heteroatoms. The summed E-state index contributed by atoms with van der Waals surface area (Å²) < 4.78 is 13.0. The minimum absolute atomic E-state index is 0.214. The zero-order valence-corrected chi connectivity index (χ0v) is 12.6. The lowest BCUT2D eigenvalue weighted by atomic mass is 10.0. The quantitative estimate of drug-likeness (QED) is 0.886. The van der Waals surface area contributed by atoms with Gasteiger partial charge in [0.1, 0.15) is 6.04 Å². The number of hydrogen-bond acceptors (Lipinski definition) is 3. The molecular weight excluding hydrogens is 297 g/mol. The average molecular weight is 313 g/mol. The second kappa shape index (κ2) is 6.16. The molecule has 1 atom stereocenters. The van der Waals surface area contributed by atoms with Crippen LogP contribution in [0.5, 0.6) is 0 Å². The molecule has 23 heavy (non-hydrogen) atoms. The van der Waals surface area contributed by atoms with E-state index in [2.05, 4.69) is 10.3 Å². The van der Waals surface area contributed by atoms with Gasteiger partial charge in [0.05, 0.1) is 16.9 Å². The standard InChI is InChI=1S/C17H16FN3O2/c1-2-5-14-16(22)20-12-6-3-4-7-13(12)21(14)17(23)11-8-9-15(18)19-10-11/h3-4,6-10,14H,2,5H2,1H3,(H,20,22). The molecule has 2 heterocycles. The van der Waals surface area contributed by atoms with Crippen molar-refractivity contribution in [2.24, 2.45) is 0 Å². The van der Waals surface area contributed by atoms with E-state index in [1.807, 2.05) is 13.0 Å². The number of hydrogen-bond donors (Lipinski definition) is 1. The van der Waals surface area contributed by atoms with Gasteiger partial charge in [-0.15, -0.1) is 0 Å². The van der Waals surface area contributed by atoms with Crippen molar-refractivity contribution >= 4 is 23.2 Å². The first kappa shape index (κ1) is 15.1. The van der Waals surface area contributed by atoms with Gasteiger partial charge in [0, 0.05) is 6.20 Å². The molecule has 1 aromatic carbocycles. The van der Waals surface area contributed by atoms with Crippen LogP contribution in [0.2, 0.25) is 0 Å². The van der Waals surface area contributed by atoms with Gasteiger partial charge in [-0.25, -0.2) is 4.98 Å². The van der Waals surface area contributed by atoms with E-state index >= 15 is 0 Å². The summed E-state index contributed by atoms with van der Waals surface area (Å²) in [4.78, 5) is 30.3. The number of halogens is 1. The van der Waals surface area contributed by atoms with Crippen molar-refractivity contribution in [2.45, 2.75) is 25.8 Å². The Kier molecular flexibility index (Phi) is 4.06. The molecule has 118 valence electrons. The van der Waals surface area contributed by atoms with Gasteiger partial charge in [-0.2, -0.15) is 4.39 Å². The molecule has 0 saturated heterocycles. The summed E-state index contributed by atoms with van der Waals surface area (Å²) in [5.41, 5.74) is 1.48. The van der Waals surface area contributed by atoms with Crippen LogP contribution in [0, 0.1) is 5.95 Å². The van der Waals surface area contributed by atoms with Crippen molar-refractivity contribution in [2.75, 3.05) is 10.2 Å². The summed E-state index contributed by atoms with van der Waals surface area (Å²) in [7, 11) is 0. The number of pyridine rings is 1. The van der Waals surface area contributed by atoms with E-state index in [1.165, 1.54) is 17.2 Å². The Balaban J connectivity index is 2.06. The van der Waals surface area contributed by atoms with E-state index in [0.29, 0.717) is 17.8 Å². The lowest BCUT2D eigenvalue weighted by Gasteiger charge is -2.36. The summed E-state index contributed by atoms with van der Waals surface area (Å²) in [6, 6.07) is 9.06. The first-order valence-electron chi connectivity index (χ1n) is 7.47. The zero-order chi connectivity index (χ0) is 16.4. The fraction of sp³-hybridized carbons (Fsp3) is 0.235. The second-order valence-electron chi connectivity index (χ2n) is 5.36. The Bertz CT molecular complexity index is 746. The van der Waals surface area contributed by atoms with Crippen molar-refractivity contribution in [1.29, 1.82) is 0 Å². The van der Waals surface area contributed by atoms with E-state index in [0.717, 1.165) is 12.5 Å². The fourth-order valence-corrected chi connectivity index (χ4v) is 2.72. The van der Waals surface area contributed by atoms with Gasteiger partial charge in [0.15, 0.2) is 0 Å². The fourth-order valence-electron chi connectivity index (χ4n) is 2.72. The van der Waals surface area contributed by atoms with Gasteiger partial charge < -0.3 is 5.32 Å². The maximum Gasteiger partial charge on any atom is 0.260 e. The van der Waals surface area contributed by atoms with Gasteiger partial charge in [-0.1, -0.05) is 25.5 Å². The molecule has 3 rings (SSSR count). The molecule has 1 aromatic heterocycles. The van der Waals surface area contributed by atoms with Crippen LogP contribution in [0.1, 0.15) is 30.1 Å². The topological polar surface area (TPSA) is 62.3 Å². The number of fused-ring (bicyclic) bond motifs is 1. The molecule has 1 aliphatic rings. The van der Waals surface area contributed by atoms with Crippen molar-refractivity contribution in [3.63, 3.8) is 0 Å². The lowest BCUT2D eigenvalue weighted by Crippen LogP contribution is -2.51. The second-order valence-corrected chi connectivity index (χ2v) is 5.36. The molecule has 0 radical (unpaired) electrons. The number of amides is 2. The highest BCUT2D eigenvalue weighted by atomic mass is 19.1. The molecule has 0 spiro atoms. The first-order valence-corrected chi connectivity index (χ1v) is 7.47. The van der Waals surface area contributed by atoms with Gasteiger partial charge in [0.25, 0.3) is 5.91 Å². The monoisotopic (exact) mass is 313 g/mol. The van der Waals surface area contributed by atoms with Crippen LogP contribution < -0.4 is 10.2 Å². The molecule has 0 bridgehead atoms. The molecule has 0 saturated carbocycles. The highest BCUT2D eigenvalue weighted by molar-refractivity contribution is 6.16. The van der Waals surface area contributed by atoms with Crippen LogP contribution in [0.25, 0.3) is 0 Å². The maximum absolute atomic E-state index is 13.0. The number of carbonyl (C=O) groups is 2. The minimum atomic E-state index is -0.650. The molecule has 0 fully saturated rings. The predicted octanol–water partition coefficient (Wildman–Crippen LogP) is 2.99. The average Bonchev–Trinajstić information content (AvgIpc) is 2.56. The van der Waals surface area contributed by atoms with Crippen LogP contribution >= 0.6 is 0 Å². The Morgan fingerprint density at radius 2 is 2.09 bits per heavy atom. The van der Waals surface area contributed by atoms with Crippen LogP contribution in [0.4, 0.5) is 15.8 Å². The summed E-state index contributed by atoms with van der Waals surface area (Å²) in [5.74, 6) is -1.23. The van der Waals surface area contributed by atoms with Crippen LogP contribution in [0.3, 0.4) is 0 Å². The van der Waals surface area contributed by atoms with Crippen molar-refractivity contribution in [1.82, 2.24) is 4.98 Å².